The van der Waals surface area contributed by atoms with Crippen molar-refractivity contribution >= 4 is 23.5 Å². The Hall–Kier alpha value is -1.55. The second kappa shape index (κ2) is 4.99. The van der Waals surface area contributed by atoms with Gasteiger partial charge < -0.3 is 9.47 Å². The molecule has 0 saturated heterocycles. The van der Waals surface area contributed by atoms with Crippen molar-refractivity contribution in [2.75, 3.05) is 0 Å². The molecule has 0 unspecified atom stereocenters. The van der Waals surface area contributed by atoms with Gasteiger partial charge in [-0.25, -0.2) is 0 Å². The average Bonchev–Trinajstić information content (AvgIpc) is 2.11. The number of halogens is 1. The Kier molecular flexibility index (Phi) is 3.90. The number of carbonyl (C=O) groups is 2. The topological polar surface area (TPSA) is 52.6 Å². The minimum Gasteiger partial charge on any atom is -0.425 e. The van der Waals surface area contributed by atoms with Crippen LogP contribution in [0, 0.1) is 6.92 Å². The third-order valence-electron chi connectivity index (χ3n) is 1.66. The Labute approximate surface area is 98.1 Å². The summed E-state index contributed by atoms with van der Waals surface area (Å²) in [4.78, 5) is 21.6. The van der Waals surface area contributed by atoms with Crippen molar-refractivity contribution in [3.8, 4) is 11.5 Å². The van der Waals surface area contributed by atoms with E-state index in [0.717, 1.165) is 5.56 Å². The van der Waals surface area contributed by atoms with Crippen LogP contribution in [-0.2, 0) is 9.59 Å². The number of esters is 2. The fraction of sp³-hybridized carbons (Fsp3) is 0.273. The number of benzene rings is 1. The predicted molar refractivity (Wildman–Crippen MR) is 58.8 cm³/mol. The van der Waals surface area contributed by atoms with Crippen molar-refractivity contribution in [2.24, 2.45) is 0 Å². The number of hydrogen-bond acceptors (Lipinski definition) is 4. The Morgan fingerprint density at radius 2 is 1.44 bits per heavy atom. The maximum atomic E-state index is 10.8. The molecule has 0 heterocycles. The SMILES string of the molecule is CC(=O)Oc1cc(C)cc(OC(C)=O)c1Cl. The Morgan fingerprint density at radius 1 is 1.06 bits per heavy atom. The molecule has 0 N–H and O–H groups in total. The van der Waals surface area contributed by atoms with Gasteiger partial charge in [0.2, 0.25) is 0 Å². The lowest BCUT2D eigenvalue weighted by Gasteiger charge is -2.09. The van der Waals surface area contributed by atoms with Crippen LogP contribution in [0.15, 0.2) is 12.1 Å². The first-order valence-electron chi connectivity index (χ1n) is 4.57. The Bertz CT molecular complexity index is 403. The van der Waals surface area contributed by atoms with Crippen LogP contribution in [0.5, 0.6) is 11.5 Å². The van der Waals surface area contributed by atoms with Crippen molar-refractivity contribution in [1.82, 2.24) is 0 Å². The molecule has 5 heteroatoms. The van der Waals surface area contributed by atoms with E-state index in [2.05, 4.69) is 0 Å². The van der Waals surface area contributed by atoms with Crippen LogP contribution in [0.3, 0.4) is 0 Å². The molecule has 1 aromatic rings. The van der Waals surface area contributed by atoms with Gasteiger partial charge in [0.05, 0.1) is 0 Å². The van der Waals surface area contributed by atoms with Crippen LogP contribution in [-0.4, -0.2) is 11.9 Å². The van der Waals surface area contributed by atoms with E-state index >= 15 is 0 Å². The predicted octanol–water partition coefficient (Wildman–Crippen LogP) is 2.50. The minimum absolute atomic E-state index is 0.107. The molecule has 0 saturated carbocycles. The largest absolute Gasteiger partial charge is 0.425 e. The second-order valence-corrected chi connectivity index (χ2v) is 3.64. The van der Waals surface area contributed by atoms with E-state index in [1.807, 2.05) is 0 Å². The first-order valence-corrected chi connectivity index (χ1v) is 4.95. The lowest BCUT2D eigenvalue weighted by atomic mass is 10.2. The molecule has 0 bridgehead atoms. The van der Waals surface area contributed by atoms with Crippen LogP contribution in [0.2, 0.25) is 5.02 Å². The van der Waals surface area contributed by atoms with E-state index in [9.17, 15) is 9.59 Å². The molecule has 0 fully saturated rings. The zero-order chi connectivity index (χ0) is 12.3. The maximum Gasteiger partial charge on any atom is 0.308 e. The summed E-state index contributed by atoms with van der Waals surface area (Å²) in [6.45, 7) is 4.31. The Balaban J connectivity index is 3.14. The van der Waals surface area contributed by atoms with Gasteiger partial charge in [-0.2, -0.15) is 0 Å². The van der Waals surface area contributed by atoms with E-state index in [1.165, 1.54) is 13.8 Å². The van der Waals surface area contributed by atoms with E-state index in [0.29, 0.717) is 0 Å². The standard InChI is InChI=1S/C11H11ClO4/c1-6-4-9(15-7(2)13)11(12)10(5-6)16-8(3)14/h4-5H,1-3H3. The fourth-order valence-corrected chi connectivity index (χ4v) is 1.35. The molecule has 0 aliphatic rings. The summed E-state index contributed by atoms with van der Waals surface area (Å²) in [5.41, 5.74) is 0.775. The molecule has 1 rings (SSSR count). The highest BCUT2D eigenvalue weighted by Crippen LogP contribution is 2.35. The average molecular weight is 243 g/mol. The summed E-state index contributed by atoms with van der Waals surface area (Å²) in [5, 5.41) is 0.107. The number of hydrogen-bond donors (Lipinski definition) is 0. The monoisotopic (exact) mass is 242 g/mol. The van der Waals surface area contributed by atoms with Gasteiger partial charge in [-0.15, -0.1) is 0 Å². The van der Waals surface area contributed by atoms with Gasteiger partial charge in [-0.1, -0.05) is 11.6 Å². The molecule has 0 aliphatic heterocycles. The van der Waals surface area contributed by atoms with Gasteiger partial charge in [0.15, 0.2) is 11.5 Å². The molecule has 0 aromatic heterocycles. The van der Waals surface area contributed by atoms with Crippen molar-refractivity contribution in [2.45, 2.75) is 20.8 Å². The lowest BCUT2D eigenvalue weighted by molar-refractivity contribution is -0.132. The van der Waals surface area contributed by atoms with Gasteiger partial charge in [-0.3, -0.25) is 9.59 Å². The molecule has 0 amide bonds. The van der Waals surface area contributed by atoms with Gasteiger partial charge in [0, 0.05) is 13.8 Å². The molecule has 0 aliphatic carbocycles. The first kappa shape index (κ1) is 12.5. The number of aryl methyl sites for hydroxylation is 1. The fourth-order valence-electron chi connectivity index (χ4n) is 1.16. The van der Waals surface area contributed by atoms with Crippen molar-refractivity contribution in [1.29, 1.82) is 0 Å². The molecule has 16 heavy (non-hydrogen) atoms. The van der Waals surface area contributed by atoms with Crippen LogP contribution >= 0.6 is 11.6 Å². The second-order valence-electron chi connectivity index (χ2n) is 3.26. The third kappa shape index (κ3) is 3.24. The van der Waals surface area contributed by atoms with Crippen molar-refractivity contribution in [3.05, 3.63) is 22.7 Å². The van der Waals surface area contributed by atoms with Gasteiger partial charge >= 0.3 is 11.9 Å². The summed E-state index contributed by atoms with van der Waals surface area (Å²) < 4.78 is 9.77. The number of carbonyl (C=O) groups excluding carboxylic acids is 2. The van der Waals surface area contributed by atoms with Gasteiger partial charge in [0.25, 0.3) is 0 Å². The molecular weight excluding hydrogens is 232 g/mol. The summed E-state index contributed by atoms with van der Waals surface area (Å²) in [7, 11) is 0. The summed E-state index contributed by atoms with van der Waals surface area (Å²) in [6, 6.07) is 3.19. The van der Waals surface area contributed by atoms with E-state index in [-0.39, 0.29) is 16.5 Å². The Morgan fingerprint density at radius 3 is 1.75 bits per heavy atom. The maximum absolute atomic E-state index is 10.8. The number of ether oxygens (including phenoxy) is 2. The zero-order valence-electron chi connectivity index (χ0n) is 9.17. The molecular formula is C11H11ClO4. The smallest absolute Gasteiger partial charge is 0.308 e. The number of rotatable bonds is 2. The first-order chi connectivity index (χ1) is 7.40. The zero-order valence-corrected chi connectivity index (χ0v) is 9.92. The molecule has 0 atom stereocenters. The van der Waals surface area contributed by atoms with Crippen molar-refractivity contribution in [3.63, 3.8) is 0 Å². The molecule has 4 nitrogen and oxygen atoms in total. The molecule has 1 aromatic carbocycles. The highest BCUT2D eigenvalue weighted by atomic mass is 35.5. The molecule has 0 radical (unpaired) electrons. The van der Waals surface area contributed by atoms with E-state index < -0.39 is 11.9 Å². The summed E-state index contributed by atoms with van der Waals surface area (Å²) in [5.74, 6) is -0.599. The highest BCUT2D eigenvalue weighted by molar-refractivity contribution is 6.33. The van der Waals surface area contributed by atoms with Crippen LogP contribution < -0.4 is 9.47 Å². The molecule has 86 valence electrons. The normalized spacial score (nSPS) is 9.75. The van der Waals surface area contributed by atoms with Crippen LogP contribution in [0.4, 0.5) is 0 Å². The highest BCUT2D eigenvalue weighted by Gasteiger charge is 2.13. The lowest BCUT2D eigenvalue weighted by Crippen LogP contribution is -2.05. The van der Waals surface area contributed by atoms with E-state index in [4.69, 9.17) is 21.1 Å². The van der Waals surface area contributed by atoms with Gasteiger partial charge in [-0.05, 0) is 24.6 Å². The minimum atomic E-state index is -0.485. The van der Waals surface area contributed by atoms with Crippen molar-refractivity contribution < 1.29 is 19.1 Å². The quantitative estimate of drug-likeness (QED) is 0.591. The summed E-state index contributed by atoms with van der Waals surface area (Å²) in [6.07, 6.45) is 0. The van der Waals surface area contributed by atoms with Gasteiger partial charge in [0.1, 0.15) is 5.02 Å². The summed E-state index contributed by atoms with van der Waals surface area (Å²) >= 11 is 5.91. The molecule has 0 spiro atoms. The van der Waals surface area contributed by atoms with Crippen LogP contribution in [0.1, 0.15) is 19.4 Å². The van der Waals surface area contributed by atoms with Crippen LogP contribution in [0.25, 0.3) is 0 Å². The third-order valence-corrected chi connectivity index (χ3v) is 2.03. The van der Waals surface area contributed by atoms with E-state index in [1.54, 1.807) is 19.1 Å².